The summed E-state index contributed by atoms with van der Waals surface area (Å²) in [5.74, 6) is 0.938. The lowest BCUT2D eigenvalue weighted by Crippen LogP contribution is -2.72. The number of guanidine groups is 1. The molecule has 1 aliphatic heterocycles. The van der Waals surface area contributed by atoms with Crippen LogP contribution < -0.4 is 10.6 Å². The van der Waals surface area contributed by atoms with Crippen molar-refractivity contribution in [1.82, 2.24) is 15.5 Å². The maximum atomic E-state index is 12.0. The molecule has 0 aromatic heterocycles. The van der Waals surface area contributed by atoms with Gasteiger partial charge in [0.1, 0.15) is 0 Å². The summed E-state index contributed by atoms with van der Waals surface area (Å²) >= 11 is 0. The topological polar surface area (TPSA) is 56.7 Å². The van der Waals surface area contributed by atoms with E-state index in [2.05, 4.69) is 48.2 Å². The van der Waals surface area contributed by atoms with Crippen molar-refractivity contribution in [3.8, 4) is 0 Å². The molecule has 0 aromatic rings. The fourth-order valence-electron chi connectivity index (χ4n) is 2.48. The summed E-state index contributed by atoms with van der Waals surface area (Å²) in [6.07, 6.45) is 0. The van der Waals surface area contributed by atoms with E-state index in [1.807, 2.05) is 20.8 Å². The predicted octanol–water partition coefficient (Wildman–Crippen LogP) is 1.84. The Balaban J connectivity index is 2.68. The molecule has 5 heteroatoms. The first-order valence-corrected chi connectivity index (χ1v) is 7.76. The lowest BCUT2D eigenvalue weighted by Gasteiger charge is -2.62. The molecule has 0 spiro atoms. The van der Waals surface area contributed by atoms with Gasteiger partial charge in [-0.15, -0.1) is 0 Å². The van der Waals surface area contributed by atoms with Crippen LogP contribution in [-0.2, 0) is 4.79 Å². The molecule has 0 saturated carbocycles. The standard InChI is InChI=1S/C16H32N4O/c1-9-18-12(21)14(2,3)10-19-13(17-8)20-11-15(4,5)16(20,6)7/h9-11H2,1-8H3,(H,17,19)(H,18,21). The van der Waals surface area contributed by atoms with Crippen molar-refractivity contribution < 1.29 is 4.79 Å². The van der Waals surface area contributed by atoms with Gasteiger partial charge < -0.3 is 15.5 Å². The van der Waals surface area contributed by atoms with Gasteiger partial charge in [-0.1, -0.05) is 13.8 Å². The van der Waals surface area contributed by atoms with Gasteiger partial charge in [0.25, 0.3) is 0 Å². The number of carbonyl (C=O) groups excluding carboxylic acids is 1. The Morgan fingerprint density at radius 3 is 2.19 bits per heavy atom. The van der Waals surface area contributed by atoms with Crippen molar-refractivity contribution in [3.05, 3.63) is 0 Å². The second-order valence-electron chi connectivity index (χ2n) is 7.67. The lowest BCUT2D eigenvalue weighted by molar-refractivity contribution is -0.128. The number of nitrogens with zero attached hydrogens (tertiary/aromatic N) is 2. The maximum Gasteiger partial charge on any atom is 0.227 e. The number of hydrogen-bond acceptors (Lipinski definition) is 2. The molecule has 0 aromatic carbocycles. The lowest BCUT2D eigenvalue weighted by atomic mass is 9.65. The molecule has 1 heterocycles. The number of hydrogen-bond donors (Lipinski definition) is 2. The molecular formula is C16H32N4O. The number of rotatable bonds is 4. The summed E-state index contributed by atoms with van der Waals surface area (Å²) in [7, 11) is 1.79. The Bertz CT molecular complexity index is 424. The van der Waals surface area contributed by atoms with Gasteiger partial charge in [0.15, 0.2) is 5.96 Å². The molecule has 21 heavy (non-hydrogen) atoms. The zero-order valence-electron chi connectivity index (χ0n) is 14.9. The fraction of sp³-hybridized carbons (Fsp3) is 0.875. The molecule has 0 atom stereocenters. The monoisotopic (exact) mass is 296 g/mol. The van der Waals surface area contributed by atoms with Crippen LogP contribution in [0.4, 0.5) is 0 Å². The summed E-state index contributed by atoms with van der Waals surface area (Å²) in [5, 5.41) is 6.24. The molecule has 0 unspecified atom stereocenters. The quantitative estimate of drug-likeness (QED) is 0.615. The van der Waals surface area contributed by atoms with Crippen LogP contribution >= 0.6 is 0 Å². The third kappa shape index (κ3) is 3.33. The zero-order chi connectivity index (χ0) is 16.5. The molecule has 1 fully saturated rings. The number of likely N-dealkylation sites (tertiary alicyclic amines) is 1. The van der Waals surface area contributed by atoms with Crippen LogP contribution in [0.1, 0.15) is 48.5 Å². The van der Waals surface area contributed by atoms with E-state index in [1.165, 1.54) is 0 Å². The fourth-order valence-corrected chi connectivity index (χ4v) is 2.48. The van der Waals surface area contributed by atoms with Crippen LogP contribution in [0, 0.1) is 10.8 Å². The van der Waals surface area contributed by atoms with E-state index >= 15 is 0 Å². The van der Waals surface area contributed by atoms with Gasteiger partial charge >= 0.3 is 0 Å². The molecule has 0 aliphatic carbocycles. The molecule has 2 N–H and O–H groups in total. The Morgan fingerprint density at radius 1 is 1.24 bits per heavy atom. The first kappa shape index (κ1) is 17.8. The van der Waals surface area contributed by atoms with Crippen molar-refractivity contribution in [2.75, 3.05) is 26.7 Å². The first-order chi connectivity index (χ1) is 9.49. The molecule has 0 bridgehead atoms. The molecule has 0 radical (unpaired) electrons. The minimum atomic E-state index is -0.462. The average Bonchev–Trinajstić information content (AvgIpc) is 2.38. The highest BCUT2D eigenvalue weighted by Gasteiger charge is 2.53. The molecule has 1 rings (SSSR count). The summed E-state index contributed by atoms with van der Waals surface area (Å²) < 4.78 is 0. The summed E-state index contributed by atoms with van der Waals surface area (Å²) in [4.78, 5) is 18.7. The Kier molecular flexibility index (Phi) is 4.96. The van der Waals surface area contributed by atoms with Crippen LogP contribution in [0.2, 0.25) is 0 Å². The van der Waals surface area contributed by atoms with Crippen molar-refractivity contribution in [2.45, 2.75) is 54.0 Å². The van der Waals surface area contributed by atoms with E-state index < -0.39 is 5.41 Å². The second-order valence-corrected chi connectivity index (χ2v) is 7.67. The SMILES string of the molecule is CCNC(=O)C(C)(C)CNC(=NC)N1CC(C)(C)C1(C)C. The third-order valence-corrected chi connectivity index (χ3v) is 4.99. The van der Waals surface area contributed by atoms with Gasteiger partial charge in [0, 0.05) is 37.6 Å². The van der Waals surface area contributed by atoms with Crippen LogP contribution in [0.25, 0.3) is 0 Å². The maximum absolute atomic E-state index is 12.0. The van der Waals surface area contributed by atoms with Crippen molar-refractivity contribution in [1.29, 1.82) is 0 Å². The largest absolute Gasteiger partial charge is 0.356 e. The van der Waals surface area contributed by atoms with E-state index in [1.54, 1.807) is 7.05 Å². The highest BCUT2D eigenvalue weighted by Crippen LogP contribution is 2.46. The van der Waals surface area contributed by atoms with Crippen LogP contribution in [0.5, 0.6) is 0 Å². The number of aliphatic imine (C=N–C) groups is 1. The van der Waals surface area contributed by atoms with Crippen molar-refractivity contribution in [3.63, 3.8) is 0 Å². The molecule has 1 aliphatic rings. The molecule has 1 amide bonds. The minimum Gasteiger partial charge on any atom is -0.356 e. The van der Waals surface area contributed by atoms with Gasteiger partial charge in [-0.25, -0.2) is 0 Å². The van der Waals surface area contributed by atoms with Crippen molar-refractivity contribution in [2.24, 2.45) is 15.8 Å². The zero-order valence-corrected chi connectivity index (χ0v) is 14.9. The number of carbonyl (C=O) groups is 1. The second kappa shape index (κ2) is 5.85. The first-order valence-electron chi connectivity index (χ1n) is 7.76. The van der Waals surface area contributed by atoms with Crippen molar-refractivity contribution >= 4 is 11.9 Å². The minimum absolute atomic E-state index is 0.0602. The van der Waals surface area contributed by atoms with Gasteiger partial charge in [-0.3, -0.25) is 9.79 Å². The Hall–Kier alpha value is -1.26. The molecular weight excluding hydrogens is 264 g/mol. The summed E-state index contributed by atoms with van der Waals surface area (Å²) in [5.41, 5.74) is -0.138. The summed E-state index contributed by atoms with van der Waals surface area (Å²) in [6, 6.07) is 0. The highest BCUT2D eigenvalue weighted by molar-refractivity contribution is 5.85. The highest BCUT2D eigenvalue weighted by atomic mass is 16.2. The van der Waals surface area contributed by atoms with Gasteiger partial charge in [-0.05, 0) is 34.6 Å². The predicted molar refractivity (Wildman–Crippen MR) is 88.4 cm³/mol. The molecule has 5 nitrogen and oxygen atoms in total. The Labute approximate surface area is 129 Å². The van der Waals surface area contributed by atoms with E-state index in [9.17, 15) is 4.79 Å². The van der Waals surface area contributed by atoms with E-state index in [0.717, 1.165) is 12.5 Å². The number of amides is 1. The Morgan fingerprint density at radius 2 is 1.81 bits per heavy atom. The van der Waals surface area contributed by atoms with Crippen LogP contribution in [-0.4, -0.2) is 49.0 Å². The third-order valence-electron chi connectivity index (χ3n) is 4.99. The summed E-state index contributed by atoms with van der Waals surface area (Å²) in [6.45, 7) is 17.0. The molecule has 122 valence electrons. The van der Waals surface area contributed by atoms with E-state index in [-0.39, 0.29) is 16.9 Å². The van der Waals surface area contributed by atoms with Gasteiger partial charge in [-0.2, -0.15) is 0 Å². The van der Waals surface area contributed by atoms with E-state index in [0.29, 0.717) is 13.1 Å². The van der Waals surface area contributed by atoms with Gasteiger partial charge in [0.2, 0.25) is 5.91 Å². The van der Waals surface area contributed by atoms with Crippen LogP contribution in [0.3, 0.4) is 0 Å². The smallest absolute Gasteiger partial charge is 0.227 e. The van der Waals surface area contributed by atoms with Gasteiger partial charge in [0.05, 0.1) is 5.41 Å². The number of nitrogens with one attached hydrogen (secondary N) is 2. The molecule has 1 saturated heterocycles. The average molecular weight is 296 g/mol. The normalized spacial score (nSPS) is 20.8. The van der Waals surface area contributed by atoms with E-state index in [4.69, 9.17) is 0 Å². The van der Waals surface area contributed by atoms with Crippen LogP contribution in [0.15, 0.2) is 4.99 Å².